The van der Waals surface area contributed by atoms with E-state index in [2.05, 4.69) is 5.32 Å². The lowest BCUT2D eigenvalue weighted by molar-refractivity contribution is -0.313. The third kappa shape index (κ3) is 3.08. The Bertz CT molecular complexity index is 284. The maximum Gasteiger partial charge on any atom is 0.224 e. The Labute approximate surface area is 89.4 Å². The largest absolute Gasteiger partial charge is 0.550 e. The average Bonchev–Trinajstić information content (AvgIpc) is 2.16. The minimum absolute atomic E-state index is 0.0332. The lowest BCUT2D eigenvalue weighted by atomic mass is 9.82. The van der Waals surface area contributed by atoms with Gasteiger partial charge in [-0.05, 0) is 26.7 Å². The van der Waals surface area contributed by atoms with E-state index in [9.17, 15) is 14.7 Å². The molecule has 1 amide bonds. The molecule has 0 aromatic carbocycles. The van der Waals surface area contributed by atoms with Crippen LogP contribution in [0.3, 0.4) is 0 Å². The first kappa shape index (κ1) is 11.8. The fourth-order valence-corrected chi connectivity index (χ4v) is 1.76. The molecular weight excluding hydrogens is 194 g/mol. The summed E-state index contributed by atoms with van der Waals surface area (Å²) in [5.41, 5.74) is 0. The molecule has 0 saturated heterocycles. The van der Waals surface area contributed by atoms with E-state index >= 15 is 0 Å². The lowest BCUT2D eigenvalue weighted by Gasteiger charge is -2.28. The van der Waals surface area contributed by atoms with Crippen molar-refractivity contribution in [3.8, 4) is 0 Å². The standard InChI is InChI=1S/C11H17NO3/c1-7(2)12-10(13)8-5-3-4-6-9(8)11(14)15/h3-4,7-9H,5-6H2,1-2H3,(H,12,13)(H,14,15)/p-1. The van der Waals surface area contributed by atoms with Gasteiger partial charge in [-0.25, -0.2) is 0 Å². The van der Waals surface area contributed by atoms with Crippen molar-refractivity contribution < 1.29 is 14.7 Å². The summed E-state index contributed by atoms with van der Waals surface area (Å²) in [7, 11) is 0. The summed E-state index contributed by atoms with van der Waals surface area (Å²) in [5, 5.41) is 13.6. The second-order valence-electron chi connectivity index (χ2n) is 4.14. The SMILES string of the molecule is CC(C)NC(=O)C1CC=CCC1C(=O)[O-]. The fourth-order valence-electron chi connectivity index (χ4n) is 1.76. The topological polar surface area (TPSA) is 69.2 Å². The molecule has 0 aliphatic heterocycles. The van der Waals surface area contributed by atoms with Crippen molar-refractivity contribution >= 4 is 11.9 Å². The van der Waals surface area contributed by atoms with Crippen molar-refractivity contribution in [2.75, 3.05) is 0 Å². The Morgan fingerprint density at radius 1 is 1.27 bits per heavy atom. The number of amides is 1. The smallest absolute Gasteiger partial charge is 0.224 e. The molecule has 15 heavy (non-hydrogen) atoms. The summed E-state index contributed by atoms with van der Waals surface area (Å²) in [5.74, 6) is -2.50. The number of hydrogen-bond donors (Lipinski definition) is 1. The Hall–Kier alpha value is -1.32. The van der Waals surface area contributed by atoms with Crippen molar-refractivity contribution in [2.24, 2.45) is 11.8 Å². The molecule has 1 rings (SSSR count). The first-order valence-electron chi connectivity index (χ1n) is 5.18. The van der Waals surface area contributed by atoms with E-state index in [1.54, 1.807) is 6.08 Å². The number of carbonyl (C=O) groups is 2. The molecule has 1 N–H and O–H groups in total. The van der Waals surface area contributed by atoms with Gasteiger partial charge in [0.2, 0.25) is 5.91 Å². The number of carbonyl (C=O) groups excluding carboxylic acids is 2. The lowest BCUT2D eigenvalue weighted by Crippen LogP contribution is -2.45. The molecule has 0 radical (unpaired) electrons. The number of carboxylic acids is 1. The van der Waals surface area contributed by atoms with Crippen LogP contribution in [0.1, 0.15) is 26.7 Å². The molecule has 0 heterocycles. The number of allylic oxidation sites excluding steroid dienone is 2. The Kier molecular flexibility index (Phi) is 3.88. The Balaban J connectivity index is 2.69. The van der Waals surface area contributed by atoms with Crippen LogP contribution in [-0.2, 0) is 9.59 Å². The highest BCUT2D eigenvalue weighted by Crippen LogP contribution is 2.25. The minimum atomic E-state index is -1.14. The predicted octanol–water partition coefficient (Wildman–Crippen LogP) is -0.157. The number of rotatable bonds is 3. The van der Waals surface area contributed by atoms with Gasteiger partial charge in [0, 0.05) is 23.8 Å². The van der Waals surface area contributed by atoms with Crippen LogP contribution < -0.4 is 10.4 Å². The number of carboxylic acid groups (broad SMARTS) is 1. The van der Waals surface area contributed by atoms with Crippen molar-refractivity contribution in [1.29, 1.82) is 0 Å². The van der Waals surface area contributed by atoms with E-state index in [-0.39, 0.29) is 11.9 Å². The van der Waals surface area contributed by atoms with Gasteiger partial charge in [0.25, 0.3) is 0 Å². The summed E-state index contributed by atoms with van der Waals surface area (Å²) in [6.07, 6.45) is 4.51. The van der Waals surface area contributed by atoms with Crippen LogP contribution in [0.5, 0.6) is 0 Å². The highest BCUT2D eigenvalue weighted by Gasteiger charge is 2.29. The number of hydrogen-bond acceptors (Lipinski definition) is 3. The predicted molar refractivity (Wildman–Crippen MR) is 53.6 cm³/mol. The van der Waals surface area contributed by atoms with Crippen molar-refractivity contribution in [1.82, 2.24) is 5.32 Å². The first-order valence-corrected chi connectivity index (χ1v) is 5.18. The molecule has 4 nitrogen and oxygen atoms in total. The summed E-state index contributed by atoms with van der Waals surface area (Å²) >= 11 is 0. The molecule has 4 heteroatoms. The van der Waals surface area contributed by atoms with Crippen molar-refractivity contribution in [3.63, 3.8) is 0 Å². The molecule has 0 fully saturated rings. The van der Waals surface area contributed by atoms with E-state index < -0.39 is 17.8 Å². The van der Waals surface area contributed by atoms with Gasteiger partial charge >= 0.3 is 0 Å². The van der Waals surface area contributed by atoms with E-state index in [4.69, 9.17) is 0 Å². The van der Waals surface area contributed by atoms with Crippen molar-refractivity contribution in [2.45, 2.75) is 32.7 Å². The monoisotopic (exact) mass is 210 g/mol. The van der Waals surface area contributed by atoms with Gasteiger partial charge in [-0.15, -0.1) is 0 Å². The second kappa shape index (κ2) is 4.96. The molecule has 2 unspecified atom stereocenters. The third-order valence-corrected chi connectivity index (χ3v) is 2.50. The summed E-state index contributed by atoms with van der Waals surface area (Å²) < 4.78 is 0. The van der Waals surface area contributed by atoms with Gasteiger partial charge in [-0.3, -0.25) is 4.79 Å². The quantitative estimate of drug-likeness (QED) is 0.658. The molecule has 2 atom stereocenters. The van der Waals surface area contributed by atoms with Crippen LogP contribution >= 0.6 is 0 Å². The van der Waals surface area contributed by atoms with E-state index in [0.717, 1.165) is 0 Å². The zero-order valence-electron chi connectivity index (χ0n) is 9.03. The van der Waals surface area contributed by atoms with Crippen LogP contribution in [0.25, 0.3) is 0 Å². The average molecular weight is 210 g/mol. The van der Waals surface area contributed by atoms with Gasteiger partial charge in [0.1, 0.15) is 0 Å². The van der Waals surface area contributed by atoms with Crippen LogP contribution in [-0.4, -0.2) is 17.9 Å². The third-order valence-electron chi connectivity index (χ3n) is 2.50. The van der Waals surface area contributed by atoms with E-state index in [0.29, 0.717) is 12.8 Å². The van der Waals surface area contributed by atoms with Gasteiger partial charge in [0.05, 0.1) is 0 Å². The van der Waals surface area contributed by atoms with Crippen LogP contribution in [0, 0.1) is 11.8 Å². The molecule has 1 aliphatic rings. The zero-order chi connectivity index (χ0) is 11.4. The van der Waals surface area contributed by atoms with E-state index in [1.165, 1.54) is 0 Å². The zero-order valence-corrected chi connectivity index (χ0v) is 9.03. The highest BCUT2D eigenvalue weighted by atomic mass is 16.4. The highest BCUT2D eigenvalue weighted by molar-refractivity contribution is 5.84. The van der Waals surface area contributed by atoms with Crippen LogP contribution in [0.4, 0.5) is 0 Å². The normalized spacial score (nSPS) is 25.3. The van der Waals surface area contributed by atoms with Gasteiger partial charge in [-0.1, -0.05) is 12.2 Å². The molecule has 0 bridgehead atoms. The molecule has 0 aromatic rings. The van der Waals surface area contributed by atoms with Crippen molar-refractivity contribution in [3.05, 3.63) is 12.2 Å². The molecule has 0 aromatic heterocycles. The maximum atomic E-state index is 11.7. The van der Waals surface area contributed by atoms with Gasteiger partial charge in [-0.2, -0.15) is 0 Å². The summed E-state index contributed by atoms with van der Waals surface area (Å²) in [4.78, 5) is 22.5. The molecule has 84 valence electrons. The fraction of sp³-hybridized carbons (Fsp3) is 0.636. The first-order chi connectivity index (χ1) is 7.02. The second-order valence-corrected chi connectivity index (χ2v) is 4.14. The Morgan fingerprint density at radius 3 is 2.27 bits per heavy atom. The maximum absolute atomic E-state index is 11.7. The molecule has 0 saturated carbocycles. The molecular formula is C11H16NO3-. The summed E-state index contributed by atoms with van der Waals surface area (Å²) in [6, 6.07) is 0.0332. The summed E-state index contributed by atoms with van der Waals surface area (Å²) in [6.45, 7) is 3.70. The molecule has 0 spiro atoms. The minimum Gasteiger partial charge on any atom is -0.550 e. The van der Waals surface area contributed by atoms with Gasteiger partial charge in [0.15, 0.2) is 0 Å². The van der Waals surface area contributed by atoms with Crippen LogP contribution in [0.2, 0.25) is 0 Å². The Morgan fingerprint density at radius 2 is 1.80 bits per heavy atom. The van der Waals surface area contributed by atoms with Crippen LogP contribution in [0.15, 0.2) is 12.2 Å². The van der Waals surface area contributed by atoms with Gasteiger partial charge < -0.3 is 15.2 Å². The number of nitrogens with one attached hydrogen (secondary N) is 1. The van der Waals surface area contributed by atoms with E-state index in [1.807, 2.05) is 19.9 Å². The number of aliphatic carboxylic acids is 1. The molecule has 1 aliphatic carbocycles.